The van der Waals surface area contributed by atoms with Crippen LogP contribution in [0.1, 0.15) is 30.0 Å². The third-order valence-electron chi connectivity index (χ3n) is 5.29. The first kappa shape index (κ1) is 19.3. The molecule has 29 heavy (non-hydrogen) atoms. The molecular formula is C21H26N6O2. The van der Waals surface area contributed by atoms with E-state index in [4.69, 9.17) is 9.84 Å². The zero-order valence-corrected chi connectivity index (χ0v) is 16.6. The van der Waals surface area contributed by atoms with Gasteiger partial charge >= 0.3 is 0 Å². The molecule has 0 saturated carbocycles. The van der Waals surface area contributed by atoms with Gasteiger partial charge in [0.25, 0.3) is 0 Å². The number of carbonyl (C=O) groups excluding carboxylic acids is 1. The predicted octanol–water partition coefficient (Wildman–Crippen LogP) is 1.66. The Morgan fingerprint density at radius 2 is 2.10 bits per heavy atom. The molecule has 8 nitrogen and oxygen atoms in total. The molecule has 1 unspecified atom stereocenters. The van der Waals surface area contributed by atoms with Crippen LogP contribution in [0.2, 0.25) is 0 Å². The first-order chi connectivity index (χ1) is 14.2. The number of ether oxygens (including phenoxy) is 1. The average Bonchev–Trinajstić information content (AvgIpc) is 3.41. The van der Waals surface area contributed by atoms with Crippen LogP contribution in [0.25, 0.3) is 11.2 Å². The lowest BCUT2D eigenvalue weighted by atomic mass is 10.0. The number of fused-ring (bicyclic) bond motifs is 1. The minimum Gasteiger partial charge on any atom is -0.497 e. The first-order valence-corrected chi connectivity index (χ1v) is 10.0. The van der Waals surface area contributed by atoms with Crippen molar-refractivity contribution in [2.45, 2.75) is 31.7 Å². The largest absolute Gasteiger partial charge is 0.497 e. The SMILES string of the molecule is COc1ccc(CCC(=O)NCCn2nc(C3CCNC3)c3nccnc32)cc1. The van der Waals surface area contributed by atoms with Crippen molar-refractivity contribution >= 4 is 17.1 Å². The predicted molar refractivity (Wildman–Crippen MR) is 110 cm³/mol. The van der Waals surface area contributed by atoms with E-state index in [1.54, 1.807) is 19.5 Å². The maximum Gasteiger partial charge on any atom is 0.220 e. The summed E-state index contributed by atoms with van der Waals surface area (Å²) in [7, 11) is 1.64. The Balaban J connectivity index is 1.32. The fourth-order valence-electron chi connectivity index (χ4n) is 3.68. The summed E-state index contributed by atoms with van der Waals surface area (Å²) in [5.41, 5.74) is 3.77. The van der Waals surface area contributed by atoms with Crippen molar-refractivity contribution in [3.63, 3.8) is 0 Å². The molecule has 0 radical (unpaired) electrons. The third-order valence-corrected chi connectivity index (χ3v) is 5.29. The summed E-state index contributed by atoms with van der Waals surface area (Å²) in [5, 5.41) is 11.1. The smallest absolute Gasteiger partial charge is 0.220 e. The summed E-state index contributed by atoms with van der Waals surface area (Å²) >= 11 is 0. The molecule has 1 saturated heterocycles. The highest BCUT2D eigenvalue weighted by atomic mass is 16.5. The number of aryl methyl sites for hydroxylation is 1. The Labute approximate surface area is 169 Å². The first-order valence-electron chi connectivity index (χ1n) is 10.0. The van der Waals surface area contributed by atoms with Gasteiger partial charge in [0.1, 0.15) is 11.3 Å². The van der Waals surface area contributed by atoms with Gasteiger partial charge in [0, 0.05) is 37.8 Å². The van der Waals surface area contributed by atoms with E-state index in [-0.39, 0.29) is 5.91 Å². The van der Waals surface area contributed by atoms with Gasteiger partial charge in [0.05, 0.1) is 19.3 Å². The number of aromatic nitrogens is 4. The van der Waals surface area contributed by atoms with Crippen LogP contribution in [0.3, 0.4) is 0 Å². The quantitative estimate of drug-likeness (QED) is 0.604. The number of nitrogens with zero attached hydrogens (tertiary/aromatic N) is 4. The van der Waals surface area contributed by atoms with Crippen LogP contribution < -0.4 is 15.4 Å². The molecule has 3 aromatic rings. The van der Waals surface area contributed by atoms with E-state index in [1.165, 1.54) is 0 Å². The Kier molecular flexibility index (Phi) is 6.00. The molecule has 1 aromatic carbocycles. The van der Waals surface area contributed by atoms with Crippen LogP contribution in [0.4, 0.5) is 0 Å². The molecule has 0 spiro atoms. The van der Waals surface area contributed by atoms with Crippen LogP contribution in [0, 0.1) is 0 Å². The number of benzene rings is 1. The zero-order chi connectivity index (χ0) is 20.1. The Morgan fingerprint density at radius 3 is 2.86 bits per heavy atom. The molecule has 1 fully saturated rings. The van der Waals surface area contributed by atoms with Crippen molar-refractivity contribution in [3.05, 3.63) is 47.9 Å². The zero-order valence-electron chi connectivity index (χ0n) is 16.6. The molecule has 2 aromatic heterocycles. The van der Waals surface area contributed by atoms with Gasteiger partial charge < -0.3 is 15.4 Å². The van der Waals surface area contributed by atoms with E-state index in [1.807, 2.05) is 28.9 Å². The summed E-state index contributed by atoms with van der Waals surface area (Å²) < 4.78 is 7.01. The molecule has 2 N–H and O–H groups in total. The number of nitrogens with one attached hydrogen (secondary N) is 2. The van der Waals surface area contributed by atoms with Gasteiger partial charge in [-0.15, -0.1) is 0 Å². The lowest BCUT2D eigenvalue weighted by molar-refractivity contribution is -0.121. The number of rotatable bonds is 8. The molecule has 3 heterocycles. The summed E-state index contributed by atoms with van der Waals surface area (Å²) in [5.74, 6) is 1.22. The number of carbonyl (C=O) groups is 1. The van der Waals surface area contributed by atoms with Gasteiger partial charge in [-0.3, -0.25) is 4.79 Å². The summed E-state index contributed by atoms with van der Waals surface area (Å²) in [6.07, 6.45) is 5.60. The van der Waals surface area contributed by atoms with E-state index in [0.29, 0.717) is 31.8 Å². The monoisotopic (exact) mass is 394 g/mol. The Morgan fingerprint density at radius 1 is 1.28 bits per heavy atom. The molecule has 1 amide bonds. The highest BCUT2D eigenvalue weighted by Crippen LogP contribution is 2.26. The van der Waals surface area contributed by atoms with E-state index in [2.05, 4.69) is 20.6 Å². The Hall–Kier alpha value is -3.00. The summed E-state index contributed by atoms with van der Waals surface area (Å²) in [6, 6.07) is 7.79. The lowest BCUT2D eigenvalue weighted by Gasteiger charge is -2.07. The van der Waals surface area contributed by atoms with Crippen LogP contribution in [-0.2, 0) is 17.8 Å². The summed E-state index contributed by atoms with van der Waals surface area (Å²) in [4.78, 5) is 21.2. The third kappa shape index (κ3) is 4.54. The second kappa shape index (κ2) is 9.00. The highest BCUT2D eigenvalue weighted by molar-refractivity contribution is 5.76. The van der Waals surface area contributed by atoms with Crippen molar-refractivity contribution < 1.29 is 9.53 Å². The van der Waals surface area contributed by atoms with Crippen LogP contribution in [0.5, 0.6) is 5.75 Å². The number of methoxy groups -OCH3 is 1. The van der Waals surface area contributed by atoms with E-state index < -0.39 is 0 Å². The maximum atomic E-state index is 12.2. The fraction of sp³-hybridized carbons (Fsp3) is 0.429. The lowest BCUT2D eigenvalue weighted by Crippen LogP contribution is -2.27. The van der Waals surface area contributed by atoms with Crippen molar-refractivity contribution in [1.82, 2.24) is 30.4 Å². The van der Waals surface area contributed by atoms with E-state index in [9.17, 15) is 4.79 Å². The topological polar surface area (TPSA) is 94.0 Å². The van der Waals surface area contributed by atoms with Gasteiger partial charge in [-0.05, 0) is 37.1 Å². The van der Waals surface area contributed by atoms with Gasteiger partial charge in [-0.25, -0.2) is 14.6 Å². The Bertz CT molecular complexity index is 963. The molecule has 152 valence electrons. The molecule has 1 aliphatic heterocycles. The van der Waals surface area contributed by atoms with Crippen molar-refractivity contribution in [2.75, 3.05) is 26.7 Å². The minimum absolute atomic E-state index is 0.0311. The fourth-order valence-corrected chi connectivity index (χ4v) is 3.68. The summed E-state index contributed by atoms with van der Waals surface area (Å²) in [6.45, 7) is 3.01. The van der Waals surface area contributed by atoms with Crippen molar-refractivity contribution in [2.24, 2.45) is 0 Å². The normalized spacial score (nSPS) is 16.2. The van der Waals surface area contributed by atoms with Gasteiger partial charge in [0.15, 0.2) is 5.65 Å². The molecule has 4 rings (SSSR count). The van der Waals surface area contributed by atoms with Gasteiger partial charge in [0.2, 0.25) is 5.91 Å². The molecule has 0 bridgehead atoms. The van der Waals surface area contributed by atoms with Crippen LogP contribution >= 0.6 is 0 Å². The second-order valence-electron chi connectivity index (χ2n) is 7.22. The minimum atomic E-state index is 0.0311. The van der Waals surface area contributed by atoms with Crippen LogP contribution in [-0.4, -0.2) is 52.4 Å². The van der Waals surface area contributed by atoms with Crippen molar-refractivity contribution in [1.29, 1.82) is 0 Å². The average molecular weight is 394 g/mol. The highest BCUT2D eigenvalue weighted by Gasteiger charge is 2.24. The van der Waals surface area contributed by atoms with E-state index in [0.717, 1.165) is 47.7 Å². The van der Waals surface area contributed by atoms with Crippen molar-refractivity contribution in [3.8, 4) is 5.75 Å². The number of amides is 1. The number of hydrogen-bond donors (Lipinski definition) is 2. The van der Waals surface area contributed by atoms with Crippen LogP contribution in [0.15, 0.2) is 36.7 Å². The number of hydrogen-bond acceptors (Lipinski definition) is 6. The molecule has 0 aliphatic carbocycles. The van der Waals surface area contributed by atoms with Gasteiger partial charge in [-0.1, -0.05) is 12.1 Å². The standard InChI is InChI=1S/C21H26N6O2/c1-29-17-5-2-15(3-6-17)4-7-18(28)23-12-13-27-21-20(24-10-11-25-21)19(26-27)16-8-9-22-14-16/h2-3,5-6,10-11,16,22H,4,7-9,12-14H2,1H3,(H,23,28). The van der Waals surface area contributed by atoms with E-state index >= 15 is 0 Å². The molecule has 1 aliphatic rings. The van der Waals surface area contributed by atoms with Gasteiger partial charge in [-0.2, -0.15) is 5.10 Å². The maximum absolute atomic E-state index is 12.2. The molecular weight excluding hydrogens is 368 g/mol. The molecule has 1 atom stereocenters. The second-order valence-corrected chi connectivity index (χ2v) is 7.22. The molecule has 8 heteroatoms.